The van der Waals surface area contributed by atoms with Crippen molar-refractivity contribution in [3.63, 3.8) is 0 Å². The maximum atomic E-state index is 11.3. The van der Waals surface area contributed by atoms with Crippen LogP contribution in [0.1, 0.15) is 12.8 Å². The van der Waals surface area contributed by atoms with Gasteiger partial charge in [-0.1, -0.05) is 6.08 Å². The Kier molecular flexibility index (Phi) is 1.67. The number of ketones is 1. The number of carbonyl (C=O) groups is 1. The lowest BCUT2D eigenvalue weighted by atomic mass is 9.87. The summed E-state index contributed by atoms with van der Waals surface area (Å²) in [7, 11) is 0. The molecule has 64 valence electrons. The van der Waals surface area contributed by atoms with Crippen molar-refractivity contribution in [2.75, 3.05) is 6.54 Å². The predicted octanol–water partition coefficient (Wildman–Crippen LogP) is 0.614. The molecule has 12 heavy (non-hydrogen) atoms. The Balaban J connectivity index is 2.20. The lowest BCUT2D eigenvalue weighted by Gasteiger charge is -2.23. The molecule has 0 saturated carbocycles. The molecule has 4 nitrogen and oxygen atoms in total. The fourth-order valence-electron chi connectivity index (χ4n) is 1.67. The molecule has 0 aromatic carbocycles. The van der Waals surface area contributed by atoms with E-state index in [1.807, 2.05) is 6.08 Å². The van der Waals surface area contributed by atoms with Crippen LogP contribution >= 0.6 is 0 Å². The number of nitrogens with zero attached hydrogens (tertiary/aromatic N) is 1. The summed E-state index contributed by atoms with van der Waals surface area (Å²) in [5, 5.41) is 0. The minimum atomic E-state index is -0.308. The van der Waals surface area contributed by atoms with Crippen molar-refractivity contribution in [1.29, 1.82) is 0 Å². The zero-order chi connectivity index (χ0) is 8.55. The van der Waals surface area contributed by atoms with E-state index in [2.05, 4.69) is 0 Å². The monoisotopic (exact) mass is 168 g/mol. The van der Waals surface area contributed by atoms with Gasteiger partial charge in [-0.3, -0.25) is 4.79 Å². The van der Waals surface area contributed by atoms with Crippen LogP contribution in [0.25, 0.3) is 0 Å². The summed E-state index contributed by atoms with van der Waals surface area (Å²) in [6.07, 6.45) is 5.17. The summed E-state index contributed by atoms with van der Waals surface area (Å²) in [6.45, 7) is -0.116. The van der Waals surface area contributed by atoms with Crippen LogP contribution in [0.3, 0.4) is 0 Å². The summed E-state index contributed by atoms with van der Waals surface area (Å²) in [6, 6.07) is 0. The van der Waals surface area contributed by atoms with Gasteiger partial charge in [0.05, 0.1) is 10.8 Å². The number of hydrogen-bond donors (Lipinski definition) is 0. The maximum Gasteiger partial charge on any atom is 0.306 e. The average molecular weight is 168 g/mol. The Bertz CT molecular complexity index is 259. The van der Waals surface area contributed by atoms with Crippen LogP contribution < -0.4 is 0 Å². The second-order valence-corrected chi connectivity index (χ2v) is 3.14. The summed E-state index contributed by atoms with van der Waals surface area (Å²) in [5.41, 5.74) is 0. The van der Waals surface area contributed by atoms with Gasteiger partial charge >= 0.3 is 6.54 Å². The molecule has 0 radical (unpaired) electrons. The molecule has 1 saturated heterocycles. The number of fused-ring (bicyclic) bond motifs is 1. The molecule has 1 fully saturated rings. The minimum Gasteiger partial charge on any atom is -0.292 e. The topological polar surface area (TPSA) is 46.4 Å². The molecule has 1 heterocycles. The normalized spacial score (nSPS) is 34.3. The molecule has 1 aliphatic carbocycles. The Labute approximate surface area is 69.7 Å². The Hall–Kier alpha value is -1.19. The van der Waals surface area contributed by atoms with Gasteiger partial charge < -0.3 is 0 Å². The molecule has 2 atom stereocenters. The van der Waals surface area contributed by atoms with Gasteiger partial charge in [-0.15, -0.1) is 0 Å². The van der Waals surface area contributed by atoms with E-state index in [1.165, 1.54) is 0 Å². The van der Waals surface area contributed by atoms with Crippen molar-refractivity contribution in [3.05, 3.63) is 17.1 Å². The third-order valence-corrected chi connectivity index (χ3v) is 2.30. The highest BCUT2D eigenvalue weighted by Gasteiger charge is 2.42. The highest BCUT2D eigenvalue weighted by molar-refractivity contribution is 5.83. The SMILES string of the molecule is O=C1C[N+](=O)OC2C=CCCC12. The Morgan fingerprint density at radius 1 is 1.58 bits per heavy atom. The molecule has 1 aliphatic heterocycles. The van der Waals surface area contributed by atoms with Gasteiger partial charge in [-0.05, 0) is 18.9 Å². The largest absolute Gasteiger partial charge is 0.306 e. The quantitative estimate of drug-likeness (QED) is 0.498. The van der Waals surface area contributed by atoms with Gasteiger partial charge in [0.2, 0.25) is 16.8 Å². The van der Waals surface area contributed by atoms with Gasteiger partial charge in [-0.25, -0.2) is 4.84 Å². The number of allylic oxidation sites excluding steroid dienone is 1. The molecule has 0 spiro atoms. The first-order valence-electron chi connectivity index (χ1n) is 4.08. The van der Waals surface area contributed by atoms with E-state index in [9.17, 15) is 9.70 Å². The van der Waals surface area contributed by atoms with Crippen molar-refractivity contribution in [1.82, 2.24) is 0 Å². The Morgan fingerprint density at radius 3 is 3.25 bits per heavy atom. The molecule has 0 bridgehead atoms. The molecule has 0 aromatic heterocycles. The van der Waals surface area contributed by atoms with Crippen LogP contribution in [-0.2, 0) is 9.63 Å². The van der Waals surface area contributed by atoms with E-state index in [-0.39, 0.29) is 24.3 Å². The van der Waals surface area contributed by atoms with Gasteiger partial charge in [0.25, 0.3) is 0 Å². The minimum absolute atomic E-state index is 0.00519. The number of Topliss-reactive ketones (excluding diaryl/α,β-unsaturated/α-hetero) is 1. The molecular formula is C8H10NO3+. The number of rotatable bonds is 0. The molecule has 4 heteroatoms. The molecule has 2 unspecified atom stereocenters. The van der Waals surface area contributed by atoms with Crippen molar-refractivity contribution in [2.45, 2.75) is 18.9 Å². The first-order valence-corrected chi connectivity index (χ1v) is 4.08. The second-order valence-electron chi connectivity index (χ2n) is 3.14. The lowest BCUT2D eigenvalue weighted by Crippen LogP contribution is -2.43. The molecule has 2 rings (SSSR count). The van der Waals surface area contributed by atoms with E-state index < -0.39 is 0 Å². The third-order valence-electron chi connectivity index (χ3n) is 2.30. The zero-order valence-electron chi connectivity index (χ0n) is 6.60. The molecular weight excluding hydrogens is 158 g/mol. The fourth-order valence-corrected chi connectivity index (χ4v) is 1.67. The summed E-state index contributed by atoms with van der Waals surface area (Å²) in [5.74, 6) is -0.0780. The van der Waals surface area contributed by atoms with E-state index in [4.69, 9.17) is 4.84 Å². The van der Waals surface area contributed by atoms with Crippen LogP contribution in [-0.4, -0.2) is 23.4 Å². The van der Waals surface area contributed by atoms with Gasteiger partial charge in [0.1, 0.15) is 0 Å². The average Bonchev–Trinajstić information content (AvgIpc) is 2.04. The van der Waals surface area contributed by atoms with E-state index in [1.54, 1.807) is 6.08 Å². The highest BCUT2D eigenvalue weighted by Crippen LogP contribution is 2.25. The number of hydrogen-bond acceptors (Lipinski definition) is 3. The van der Waals surface area contributed by atoms with Crippen LogP contribution in [0, 0.1) is 10.8 Å². The molecule has 0 N–H and O–H groups in total. The van der Waals surface area contributed by atoms with Crippen molar-refractivity contribution >= 4 is 5.78 Å². The predicted molar refractivity (Wildman–Crippen MR) is 40.2 cm³/mol. The molecule has 0 amide bonds. The van der Waals surface area contributed by atoms with Gasteiger partial charge in [0, 0.05) is 0 Å². The first kappa shape index (κ1) is 7.46. The summed E-state index contributed by atoms with van der Waals surface area (Å²) >= 11 is 0. The maximum absolute atomic E-state index is 11.3. The highest BCUT2D eigenvalue weighted by atomic mass is 16.8. The van der Waals surface area contributed by atoms with E-state index >= 15 is 0 Å². The summed E-state index contributed by atoms with van der Waals surface area (Å²) in [4.78, 5) is 27.4. The van der Waals surface area contributed by atoms with Crippen molar-refractivity contribution in [3.8, 4) is 0 Å². The second kappa shape index (κ2) is 2.69. The summed E-state index contributed by atoms with van der Waals surface area (Å²) < 4.78 is 0. The lowest BCUT2D eigenvalue weighted by molar-refractivity contribution is -0.810. The smallest absolute Gasteiger partial charge is 0.292 e. The number of carbonyl (C=O) groups excluding carboxylic acids is 1. The first-order chi connectivity index (χ1) is 5.77. The van der Waals surface area contributed by atoms with Crippen LogP contribution in [0.4, 0.5) is 0 Å². The van der Waals surface area contributed by atoms with Crippen LogP contribution in [0.2, 0.25) is 0 Å². The Morgan fingerprint density at radius 2 is 2.42 bits per heavy atom. The van der Waals surface area contributed by atoms with E-state index in [0.29, 0.717) is 4.92 Å². The fraction of sp³-hybridized carbons (Fsp3) is 0.625. The standard InChI is InChI=1S/C8H10NO3/c10-7-5-9(11)12-8-4-2-1-3-6(7)8/h2,4,6,8H,1,3,5H2/q+1. The molecule has 0 aromatic rings. The van der Waals surface area contributed by atoms with Crippen molar-refractivity contribution < 1.29 is 14.6 Å². The van der Waals surface area contributed by atoms with Crippen molar-refractivity contribution in [2.24, 2.45) is 5.92 Å². The third kappa shape index (κ3) is 1.13. The van der Waals surface area contributed by atoms with Gasteiger partial charge in [-0.2, -0.15) is 0 Å². The van der Waals surface area contributed by atoms with E-state index in [0.717, 1.165) is 12.8 Å². The van der Waals surface area contributed by atoms with Crippen LogP contribution in [0.5, 0.6) is 0 Å². The zero-order valence-corrected chi connectivity index (χ0v) is 6.60. The van der Waals surface area contributed by atoms with Crippen LogP contribution in [0.15, 0.2) is 12.2 Å². The molecule has 2 aliphatic rings. The van der Waals surface area contributed by atoms with Gasteiger partial charge in [0.15, 0.2) is 0 Å².